The molecule has 3 heteroatoms. The SMILES string of the molecule is CC1CCCC2C([C@H](C)C3CCCC4C(CC5CCCC6C=CCCN65)CN43)CCN12. The molecule has 174 valence electrons. The Bertz CT molecular complexity index is 661. The molecule has 5 fully saturated rings. The highest BCUT2D eigenvalue weighted by Gasteiger charge is 2.50. The lowest BCUT2D eigenvalue weighted by molar-refractivity contribution is -0.0940. The summed E-state index contributed by atoms with van der Waals surface area (Å²) in [4.78, 5) is 8.81. The topological polar surface area (TPSA) is 9.72 Å². The van der Waals surface area contributed by atoms with E-state index in [9.17, 15) is 0 Å². The Balaban J connectivity index is 1.08. The van der Waals surface area contributed by atoms with E-state index >= 15 is 0 Å². The Hall–Kier alpha value is -0.380. The third-order valence-electron chi connectivity index (χ3n) is 10.9. The normalized spacial score (nSPS) is 47.3. The molecule has 6 rings (SSSR count). The second kappa shape index (κ2) is 8.76. The monoisotopic (exact) mass is 425 g/mol. The second-order valence-corrected chi connectivity index (χ2v) is 12.3. The van der Waals surface area contributed by atoms with Crippen LogP contribution in [0.25, 0.3) is 0 Å². The number of hydrogen-bond donors (Lipinski definition) is 0. The lowest BCUT2D eigenvalue weighted by Crippen LogP contribution is -2.65. The van der Waals surface area contributed by atoms with Gasteiger partial charge in [0.1, 0.15) is 0 Å². The molecule has 0 saturated carbocycles. The minimum Gasteiger partial charge on any atom is -0.297 e. The zero-order valence-corrected chi connectivity index (χ0v) is 20.3. The van der Waals surface area contributed by atoms with Crippen molar-refractivity contribution < 1.29 is 0 Å². The van der Waals surface area contributed by atoms with E-state index in [2.05, 4.69) is 40.7 Å². The van der Waals surface area contributed by atoms with Crippen LogP contribution in [0.5, 0.6) is 0 Å². The minimum atomic E-state index is 0.769. The molecule has 0 aromatic rings. The van der Waals surface area contributed by atoms with E-state index in [1.807, 2.05) is 0 Å². The van der Waals surface area contributed by atoms with Crippen LogP contribution in [0.15, 0.2) is 12.2 Å². The van der Waals surface area contributed by atoms with Crippen molar-refractivity contribution >= 4 is 0 Å². The van der Waals surface area contributed by atoms with E-state index in [4.69, 9.17) is 0 Å². The molecule has 0 N–H and O–H groups in total. The molecule has 0 aliphatic carbocycles. The molecule has 9 atom stereocenters. The molecule has 3 nitrogen and oxygen atoms in total. The molecular formula is C28H47N3. The Labute approximate surface area is 191 Å². The van der Waals surface area contributed by atoms with Gasteiger partial charge in [-0.1, -0.05) is 38.3 Å². The lowest BCUT2D eigenvalue weighted by atomic mass is 9.69. The minimum absolute atomic E-state index is 0.769. The molecule has 5 saturated heterocycles. The summed E-state index contributed by atoms with van der Waals surface area (Å²) < 4.78 is 0. The molecule has 8 unspecified atom stereocenters. The van der Waals surface area contributed by atoms with E-state index in [1.165, 1.54) is 96.7 Å². The van der Waals surface area contributed by atoms with E-state index in [0.29, 0.717) is 0 Å². The van der Waals surface area contributed by atoms with Crippen molar-refractivity contribution in [1.29, 1.82) is 0 Å². The summed E-state index contributed by atoms with van der Waals surface area (Å²) in [6.45, 7) is 9.27. The Kier molecular flexibility index (Phi) is 5.98. The zero-order valence-electron chi connectivity index (χ0n) is 20.3. The van der Waals surface area contributed by atoms with Gasteiger partial charge in [-0.3, -0.25) is 14.7 Å². The van der Waals surface area contributed by atoms with Crippen molar-refractivity contribution in [2.45, 2.75) is 127 Å². The number of piperidine rings is 3. The average molecular weight is 426 g/mol. The first-order valence-corrected chi connectivity index (χ1v) is 14.1. The maximum atomic E-state index is 3.02. The van der Waals surface area contributed by atoms with E-state index in [-0.39, 0.29) is 0 Å². The van der Waals surface area contributed by atoms with E-state index in [0.717, 1.165) is 54.0 Å². The summed E-state index contributed by atoms with van der Waals surface area (Å²) in [7, 11) is 0. The van der Waals surface area contributed by atoms with Gasteiger partial charge in [0.15, 0.2) is 0 Å². The highest BCUT2D eigenvalue weighted by molar-refractivity contribution is 5.07. The standard InChI is InChI=1S/C28H47N3/c1-20-8-5-14-28-25(15-17-29(20)28)21(2)26-12-7-13-27-22(19-31(26)27)18-24-11-6-10-23-9-3-4-16-30(23)24/h3,9,20-28H,4-8,10-19H2,1-2H3/t20?,21-,22?,23?,24?,25?,26?,27?,28?/m0/s1. The quantitative estimate of drug-likeness (QED) is 0.565. The second-order valence-electron chi connectivity index (χ2n) is 12.3. The number of hydrogen-bond acceptors (Lipinski definition) is 3. The van der Waals surface area contributed by atoms with Crippen LogP contribution in [-0.4, -0.2) is 70.6 Å². The van der Waals surface area contributed by atoms with Crippen molar-refractivity contribution in [3.8, 4) is 0 Å². The van der Waals surface area contributed by atoms with Crippen LogP contribution in [0.4, 0.5) is 0 Å². The summed E-state index contributed by atoms with van der Waals surface area (Å²) in [6, 6.07) is 5.19. The summed E-state index contributed by atoms with van der Waals surface area (Å²) >= 11 is 0. The molecule has 0 bridgehead atoms. The van der Waals surface area contributed by atoms with Crippen LogP contribution >= 0.6 is 0 Å². The molecule has 0 aromatic carbocycles. The number of nitrogens with zero attached hydrogens (tertiary/aromatic N) is 3. The van der Waals surface area contributed by atoms with Crippen LogP contribution in [0.2, 0.25) is 0 Å². The summed E-state index contributed by atoms with van der Waals surface area (Å²) in [5, 5.41) is 0. The van der Waals surface area contributed by atoms with Crippen LogP contribution in [0.3, 0.4) is 0 Å². The lowest BCUT2D eigenvalue weighted by Gasteiger charge is -2.59. The molecule has 0 amide bonds. The molecule has 0 radical (unpaired) electrons. The first-order valence-electron chi connectivity index (χ1n) is 14.1. The largest absolute Gasteiger partial charge is 0.297 e. The fraction of sp³-hybridized carbons (Fsp3) is 0.929. The zero-order chi connectivity index (χ0) is 20.9. The highest BCUT2D eigenvalue weighted by atomic mass is 15.3. The van der Waals surface area contributed by atoms with Crippen LogP contribution < -0.4 is 0 Å². The smallest absolute Gasteiger partial charge is 0.0281 e. The molecule has 6 aliphatic rings. The van der Waals surface area contributed by atoms with Gasteiger partial charge in [-0.2, -0.15) is 0 Å². The maximum Gasteiger partial charge on any atom is 0.0281 e. The van der Waals surface area contributed by atoms with Gasteiger partial charge in [0, 0.05) is 49.3 Å². The third kappa shape index (κ3) is 3.75. The van der Waals surface area contributed by atoms with Gasteiger partial charge in [0.25, 0.3) is 0 Å². The Morgan fingerprint density at radius 3 is 2.61 bits per heavy atom. The first-order chi connectivity index (χ1) is 15.2. The van der Waals surface area contributed by atoms with Gasteiger partial charge in [0.2, 0.25) is 0 Å². The Morgan fingerprint density at radius 1 is 0.839 bits per heavy atom. The van der Waals surface area contributed by atoms with E-state index in [1.54, 1.807) is 0 Å². The number of fused-ring (bicyclic) bond motifs is 3. The predicted octanol–water partition coefficient (Wildman–Crippen LogP) is 5.31. The van der Waals surface area contributed by atoms with Crippen molar-refractivity contribution in [3.05, 3.63) is 12.2 Å². The Morgan fingerprint density at radius 2 is 1.68 bits per heavy atom. The van der Waals surface area contributed by atoms with Crippen molar-refractivity contribution in [2.75, 3.05) is 19.6 Å². The third-order valence-corrected chi connectivity index (χ3v) is 10.9. The highest BCUT2D eigenvalue weighted by Crippen LogP contribution is 2.47. The molecule has 0 aromatic heterocycles. The van der Waals surface area contributed by atoms with Crippen molar-refractivity contribution in [1.82, 2.24) is 14.7 Å². The molecule has 31 heavy (non-hydrogen) atoms. The van der Waals surface area contributed by atoms with E-state index < -0.39 is 0 Å². The van der Waals surface area contributed by atoms with Crippen molar-refractivity contribution in [2.24, 2.45) is 17.8 Å². The van der Waals surface area contributed by atoms with Gasteiger partial charge in [-0.15, -0.1) is 0 Å². The fourth-order valence-electron chi connectivity index (χ4n) is 9.26. The average Bonchev–Trinajstić information content (AvgIpc) is 3.22. The maximum absolute atomic E-state index is 3.02. The van der Waals surface area contributed by atoms with Gasteiger partial charge >= 0.3 is 0 Å². The molecule has 6 aliphatic heterocycles. The van der Waals surface area contributed by atoms with Gasteiger partial charge in [-0.05, 0) is 89.0 Å². The predicted molar refractivity (Wildman–Crippen MR) is 129 cm³/mol. The van der Waals surface area contributed by atoms with Crippen molar-refractivity contribution in [3.63, 3.8) is 0 Å². The van der Waals surface area contributed by atoms with Crippen LogP contribution in [-0.2, 0) is 0 Å². The van der Waals surface area contributed by atoms with Crippen LogP contribution in [0, 0.1) is 17.8 Å². The van der Waals surface area contributed by atoms with Crippen LogP contribution in [0.1, 0.15) is 90.9 Å². The van der Waals surface area contributed by atoms with Gasteiger partial charge in [-0.25, -0.2) is 0 Å². The fourth-order valence-corrected chi connectivity index (χ4v) is 9.26. The molecule has 0 spiro atoms. The first kappa shape index (κ1) is 21.2. The molecule has 6 heterocycles. The summed E-state index contributed by atoms with van der Waals surface area (Å²) in [6.07, 6.45) is 22.4. The van der Waals surface area contributed by atoms with Gasteiger partial charge in [0.05, 0.1) is 0 Å². The summed E-state index contributed by atoms with van der Waals surface area (Å²) in [5.74, 6) is 2.85. The van der Waals surface area contributed by atoms with Gasteiger partial charge < -0.3 is 0 Å². The number of rotatable bonds is 4. The summed E-state index contributed by atoms with van der Waals surface area (Å²) in [5.41, 5.74) is 0. The molecular weight excluding hydrogens is 378 g/mol.